The molecule has 0 spiro atoms. The first-order chi connectivity index (χ1) is 11.3. The molecule has 1 nitrogen and oxygen atoms in total. The highest BCUT2D eigenvalue weighted by molar-refractivity contribution is 6.00. The molecule has 5 atom stereocenters. The van der Waals surface area contributed by atoms with Gasteiger partial charge < -0.3 is 0 Å². The van der Waals surface area contributed by atoms with Gasteiger partial charge in [-0.15, -0.1) is 0 Å². The van der Waals surface area contributed by atoms with E-state index >= 15 is 0 Å². The number of benzene rings is 2. The molecule has 1 heteroatoms. The first-order valence-electron chi connectivity index (χ1n) is 9.08. The molecule has 1 saturated carbocycles. The van der Waals surface area contributed by atoms with E-state index in [9.17, 15) is 4.79 Å². The Labute approximate surface area is 143 Å². The minimum absolute atomic E-state index is 0.0725. The number of carbonyl (C=O) groups is 1. The summed E-state index contributed by atoms with van der Waals surface area (Å²) in [4.78, 5) is 13.4. The average molecular weight is 316 g/mol. The maximum absolute atomic E-state index is 13.4. The zero-order valence-corrected chi connectivity index (χ0v) is 15.1. The number of fused-ring (bicyclic) bond motifs is 1. The summed E-state index contributed by atoms with van der Waals surface area (Å²) >= 11 is 0. The topological polar surface area (TPSA) is 17.1 Å². The molecule has 0 amide bonds. The van der Waals surface area contributed by atoms with Crippen molar-refractivity contribution in [2.24, 2.45) is 16.7 Å². The van der Waals surface area contributed by atoms with Gasteiger partial charge in [0.25, 0.3) is 0 Å². The number of allylic oxidation sites excluding steroid dienone is 2. The fourth-order valence-corrected chi connectivity index (χ4v) is 6.51. The van der Waals surface area contributed by atoms with Gasteiger partial charge in [0.15, 0.2) is 0 Å². The Morgan fingerprint density at radius 1 is 0.875 bits per heavy atom. The van der Waals surface area contributed by atoms with Crippen LogP contribution in [0.4, 0.5) is 0 Å². The molecule has 0 heterocycles. The summed E-state index contributed by atoms with van der Waals surface area (Å²) in [6, 6.07) is 13.4. The Kier molecular flexibility index (Phi) is 2.42. The van der Waals surface area contributed by atoms with Crippen LogP contribution in [0.3, 0.4) is 0 Å². The van der Waals surface area contributed by atoms with Crippen molar-refractivity contribution in [2.75, 3.05) is 0 Å². The van der Waals surface area contributed by atoms with Crippen LogP contribution in [0.15, 0.2) is 47.5 Å². The van der Waals surface area contributed by atoms with Crippen molar-refractivity contribution < 1.29 is 4.79 Å². The molecular formula is C23H24O. The lowest BCUT2D eigenvalue weighted by Gasteiger charge is -2.61. The lowest BCUT2D eigenvalue weighted by molar-refractivity contribution is -0.143. The molecule has 1 fully saturated rings. The third kappa shape index (κ3) is 1.20. The van der Waals surface area contributed by atoms with Gasteiger partial charge in [-0.05, 0) is 42.7 Å². The lowest BCUT2D eigenvalue weighted by atomic mass is 9.40. The van der Waals surface area contributed by atoms with E-state index in [2.05, 4.69) is 71.0 Å². The maximum atomic E-state index is 13.4. The second kappa shape index (κ2) is 4.02. The molecule has 0 unspecified atom stereocenters. The molecule has 4 aliphatic rings. The quantitative estimate of drug-likeness (QED) is 0.578. The van der Waals surface area contributed by atoms with Crippen LogP contribution in [0.1, 0.15) is 57.6 Å². The van der Waals surface area contributed by atoms with Crippen LogP contribution in [-0.4, -0.2) is 5.78 Å². The van der Waals surface area contributed by atoms with Crippen LogP contribution >= 0.6 is 0 Å². The standard InChI is InChI=1S/C23H24O/c1-12-13(2)23(5)20-17-11-7-9-15-8-6-10-16(18(15)17)19(20)22(12,4)14(3)21(23)24/h6-11,14,19-20H,1-5H3/t14-,19+,20-,22-,23+/m1/s1. The third-order valence-corrected chi connectivity index (χ3v) is 8.19. The number of Topliss-reactive ketones (excluding diaryl/α,β-unsaturated/α-hetero) is 1. The van der Waals surface area contributed by atoms with Crippen LogP contribution < -0.4 is 0 Å². The Hall–Kier alpha value is -1.89. The number of rotatable bonds is 0. The van der Waals surface area contributed by atoms with Crippen LogP contribution in [0.2, 0.25) is 0 Å². The molecule has 24 heavy (non-hydrogen) atoms. The van der Waals surface area contributed by atoms with Gasteiger partial charge in [-0.1, -0.05) is 61.4 Å². The fraction of sp³-hybridized carbons (Fsp3) is 0.435. The van der Waals surface area contributed by atoms with Crippen LogP contribution in [0.25, 0.3) is 10.8 Å². The van der Waals surface area contributed by atoms with Gasteiger partial charge in [-0.2, -0.15) is 0 Å². The number of hydrogen-bond acceptors (Lipinski definition) is 1. The molecule has 0 N–H and O–H groups in total. The molecule has 4 aliphatic carbocycles. The van der Waals surface area contributed by atoms with E-state index in [0.29, 0.717) is 11.7 Å². The normalized spacial score (nSPS) is 39.7. The predicted octanol–water partition coefficient (Wildman–Crippen LogP) is 5.60. The van der Waals surface area contributed by atoms with E-state index in [0.717, 1.165) is 0 Å². The fourth-order valence-electron chi connectivity index (χ4n) is 6.51. The monoisotopic (exact) mass is 316 g/mol. The smallest absolute Gasteiger partial charge is 0.147 e. The van der Waals surface area contributed by atoms with Gasteiger partial charge in [0.1, 0.15) is 5.78 Å². The molecule has 2 aromatic carbocycles. The van der Waals surface area contributed by atoms with Crippen molar-refractivity contribution in [1.29, 1.82) is 0 Å². The molecule has 0 saturated heterocycles. The van der Waals surface area contributed by atoms with E-state index in [1.807, 2.05) is 0 Å². The van der Waals surface area contributed by atoms with Crippen molar-refractivity contribution in [3.05, 3.63) is 58.7 Å². The summed E-state index contributed by atoms with van der Waals surface area (Å²) in [6.07, 6.45) is 0. The van der Waals surface area contributed by atoms with Gasteiger partial charge in [-0.3, -0.25) is 4.79 Å². The Bertz CT molecular complexity index is 960. The summed E-state index contributed by atoms with van der Waals surface area (Å²) in [5.41, 5.74) is 5.19. The lowest BCUT2D eigenvalue weighted by Crippen LogP contribution is -2.59. The van der Waals surface area contributed by atoms with Gasteiger partial charge >= 0.3 is 0 Å². The highest BCUT2D eigenvalue weighted by Gasteiger charge is 2.68. The van der Waals surface area contributed by atoms with E-state index in [4.69, 9.17) is 0 Å². The first kappa shape index (κ1) is 14.5. The van der Waals surface area contributed by atoms with Gasteiger partial charge in [0, 0.05) is 23.2 Å². The van der Waals surface area contributed by atoms with Crippen LogP contribution in [-0.2, 0) is 4.79 Å². The van der Waals surface area contributed by atoms with Gasteiger partial charge in [-0.25, -0.2) is 0 Å². The van der Waals surface area contributed by atoms with E-state index in [-0.39, 0.29) is 22.7 Å². The Morgan fingerprint density at radius 3 is 2.08 bits per heavy atom. The molecule has 2 bridgehead atoms. The van der Waals surface area contributed by atoms with Crippen molar-refractivity contribution in [1.82, 2.24) is 0 Å². The van der Waals surface area contributed by atoms with Crippen molar-refractivity contribution >= 4 is 16.6 Å². The molecule has 0 aliphatic heterocycles. The highest BCUT2D eigenvalue weighted by Crippen LogP contribution is 2.74. The largest absolute Gasteiger partial charge is 0.298 e. The van der Waals surface area contributed by atoms with Crippen molar-refractivity contribution in [2.45, 2.75) is 46.5 Å². The van der Waals surface area contributed by atoms with Gasteiger partial charge in [0.05, 0.1) is 5.41 Å². The summed E-state index contributed by atoms with van der Waals surface area (Å²) in [6.45, 7) is 11.2. The first-order valence-corrected chi connectivity index (χ1v) is 9.08. The second-order valence-corrected chi connectivity index (χ2v) is 8.57. The molecule has 122 valence electrons. The van der Waals surface area contributed by atoms with E-state index < -0.39 is 0 Å². The molecule has 6 rings (SSSR count). The van der Waals surface area contributed by atoms with E-state index in [1.165, 1.54) is 33.0 Å². The van der Waals surface area contributed by atoms with Crippen LogP contribution in [0, 0.1) is 16.7 Å². The average Bonchev–Trinajstić information content (AvgIpc) is 2.94. The zero-order valence-electron chi connectivity index (χ0n) is 15.1. The summed E-state index contributed by atoms with van der Waals surface area (Å²) < 4.78 is 0. The van der Waals surface area contributed by atoms with Crippen LogP contribution in [0.5, 0.6) is 0 Å². The predicted molar refractivity (Wildman–Crippen MR) is 98.2 cm³/mol. The van der Waals surface area contributed by atoms with Gasteiger partial charge in [0.2, 0.25) is 0 Å². The Balaban J connectivity index is 1.96. The number of hydrogen-bond donors (Lipinski definition) is 0. The summed E-state index contributed by atoms with van der Waals surface area (Å²) in [7, 11) is 0. The van der Waals surface area contributed by atoms with E-state index in [1.54, 1.807) is 0 Å². The minimum atomic E-state index is -0.362. The SMILES string of the molecule is CC1=C(C)[C@]2(C)[C@H](C)C(=O)[C@]1(C)[C@@H]1c3cccc4cccc(c34)[C@@H]12. The molecular weight excluding hydrogens is 292 g/mol. The maximum Gasteiger partial charge on any atom is 0.147 e. The second-order valence-electron chi connectivity index (χ2n) is 8.57. The summed E-state index contributed by atoms with van der Waals surface area (Å²) in [5.74, 6) is 1.23. The molecule has 0 radical (unpaired) electrons. The molecule has 0 aromatic heterocycles. The minimum Gasteiger partial charge on any atom is -0.298 e. The highest BCUT2D eigenvalue weighted by atomic mass is 16.1. The zero-order chi connectivity index (χ0) is 17.0. The molecule has 2 aromatic rings. The Morgan fingerprint density at radius 2 is 1.46 bits per heavy atom. The number of ketones is 1. The van der Waals surface area contributed by atoms with Crippen molar-refractivity contribution in [3.8, 4) is 0 Å². The summed E-state index contributed by atoms with van der Waals surface area (Å²) in [5, 5.41) is 2.73. The third-order valence-electron chi connectivity index (χ3n) is 8.19. The number of carbonyl (C=O) groups excluding carboxylic acids is 1. The van der Waals surface area contributed by atoms with Crippen molar-refractivity contribution in [3.63, 3.8) is 0 Å².